The quantitative estimate of drug-likeness (QED) is 0.794. The summed E-state index contributed by atoms with van der Waals surface area (Å²) in [5, 5.41) is 11.4. The number of carboxylic acid groups (broad SMARTS) is 1. The summed E-state index contributed by atoms with van der Waals surface area (Å²) in [7, 11) is 0. The number of carbonyl (C=O) groups excluding carboxylic acids is 2. The zero-order chi connectivity index (χ0) is 16.0. The summed E-state index contributed by atoms with van der Waals surface area (Å²) in [6, 6.07) is 5.20. The summed E-state index contributed by atoms with van der Waals surface area (Å²) in [5.74, 6) is -1.14. The average molecular weight is 293 g/mol. The molecule has 0 heterocycles. The van der Waals surface area contributed by atoms with Crippen molar-refractivity contribution < 1.29 is 24.2 Å². The van der Waals surface area contributed by atoms with Gasteiger partial charge in [-0.3, -0.25) is 9.59 Å². The summed E-state index contributed by atoms with van der Waals surface area (Å²) in [4.78, 5) is 33.8. The Morgan fingerprint density at radius 1 is 1.19 bits per heavy atom. The second-order valence-corrected chi connectivity index (χ2v) is 5.02. The molecule has 0 spiro atoms. The standard InChI is InChI=1S/C15H19NO5/c1-9(2)14(10(3)17)16-13(18)8-21-12-6-4-11(5-7-12)15(19)20/h4-7,9,14H,8H2,1-3H3,(H,16,18)(H,19,20). The zero-order valence-electron chi connectivity index (χ0n) is 12.3. The van der Waals surface area contributed by atoms with Crippen LogP contribution in [-0.4, -0.2) is 35.4 Å². The SMILES string of the molecule is CC(=O)C(NC(=O)COc1ccc(C(=O)O)cc1)C(C)C. The Hall–Kier alpha value is -2.37. The first-order valence-corrected chi connectivity index (χ1v) is 6.57. The van der Waals surface area contributed by atoms with E-state index >= 15 is 0 Å². The van der Waals surface area contributed by atoms with E-state index < -0.39 is 17.9 Å². The monoisotopic (exact) mass is 293 g/mol. The van der Waals surface area contributed by atoms with E-state index in [0.717, 1.165) is 0 Å². The van der Waals surface area contributed by atoms with Crippen molar-refractivity contribution >= 4 is 17.7 Å². The number of ketones is 1. The molecule has 6 nitrogen and oxygen atoms in total. The van der Waals surface area contributed by atoms with E-state index in [1.165, 1.54) is 31.2 Å². The lowest BCUT2D eigenvalue weighted by molar-refractivity contribution is -0.129. The summed E-state index contributed by atoms with van der Waals surface area (Å²) in [5.41, 5.74) is 0.142. The molecular formula is C15H19NO5. The van der Waals surface area contributed by atoms with Crippen LogP contribution in [-0.2, 0) is 9.59 Å². The Balaban J connectivity index is 2.52. The number of ether oxygens (including phenoxy) is 1. The molecule has 1 atom stereocenters. The van der Waals surface area contributed by atoms with E-state index in [9.17, 15) is 14.4 Å². The molecule has 0 radical (unpaired) electrons. The molecule has 1 rings (SSSR count). The molecule has 0 aliphatic heterocycles. The van der Waals surface area contributed by atoms with Crippen molar-refractivity contribution in [2.45, 2.75) is 26.8 Å². The van der Waals surface area contributed by atoms with Crippen LogP contribution in [0.3, 0.4) is 0 Å². The molecule has 0 aromatic heterocycles. The van der Waals surface area contributed by atoms with Crippen molar-refractivity contribution in [1.82, 2.24) is 5.32 Å². The molecule has 0 aliphatic rings. The molecule has 1 amide bonds. The molecule has 1 aromatic carbocycles. The molecule has 1 unspecified atom stereocenters. The van der Waals surface area contributed by atoms with Crippen molar-refractivity contribution in [1.29, 1.82) is 0 Å². The molecule has 114 valence electrons. The molecule has 0 saturated carbocycles. The van der Waals surface area contributed by atoms with E-state index in [-0.39, 0.29) is 23.9 Å². The van der Waals surface area contributed by atoms with Gasteiger partial charge in [-0.05, 0) is 37.1 Å². The minimum atomic E-state index is -1.03. The van der Waals surface area contributed by atoms with Gasteiger partial charge in [-0.25, -0.2) is 4.79 Å². The molecule has 0 bridgehead atoms. The van der Waals surface area contributed by atoms with Gasteiger partial charge in [0.15, 0.2) is 12.4 Å². The van der Waals surface area contributed by atoms with Crippen molar-refractivity contribution in [3.8, 4) is 5.75 Å². The van der Waals surface area contributed by atoms with Crippen LogP contribution >= 0.6 is 0 Å². The first-order chi connectivity index (χ1) is 9.81. The minimum absolute atomic E-state index is 0.00120. The van der Waals surface area contributed by atoms with Crippen LogP contribution in [0.25, 0.3) is 0 Å². The van der Waals surface area contributed by atoms with Gasteiger partial charge in [0.05, 0.1) is 11.6 Å². The third-order valence-corrected chi connectivity index (χ3v) is 2.89. The average Bonchev–Trinajstić information content (AvgIpc) is 2.42. The van der Waals surface area contributed by atoms with Crippen molar-refractivity contribution in [3.05, 3.63) is 29.8 Å². The highest BCUT2D eigenvalue weighted by atomic mass is 16.5. The van der Waals surface area contributed by atoms with Crippen molar-refractivity contribution in [2.75, 3.05) is 6.61 Å². The van der Waals surface area contributed by atoms with Gasteiger partial charge in [0.25, 0.3) is 5.91 Å². The Morgan fingerprint density at radius 3 is 2.19 bits per heavy atom. The van der Waals surface area contributed by atoms with E-state index in [2.05, 4.69) is 5.32 Å². The van der Waals surface area contributed by atoms with Gasteiger partial charge >= 0.3 is 5.97 Å². The molecule has 0 saturated heterocycles. The summed E-state index contributed by atoms with van der Waals surface area (Å²) in [6.45, 7) is 4.88. The number of carbonyl (C=O) groups is 3. The van der Waals surface area contributed by atoms with Gasteiger partial charge in [0, 0.05) is 0 Å². The molecule has 6 heteroatoms. The fourth-order valence-corrected chi connectivity index (χ4v) is 1.80. The number of amides is 1. The predicted octanol–water partition coefficient (Wildman–Crippen LogP) is 1.49. The number of Topliss-reactive ketones (excluding diaryl/α,β-unsaturated/α-hetero) is 1. The molecular weight excluding hydrogens is 274 g/mol. The Kier molecular flexibility index (Phi) is 5.90. The Labute approximate surface area is 123 Å². The van der Waals surface area contributed by atoms with E-state index in [0.29, 0.717) is 5.75 Å². The lowest BCUT2D eigenvalue weighted by Crippen LogP contribution is -2.45. The van der Waals surface area contributed by atoms with Crippen LogP contribution in [0.4, 0.5) is 0 Å². The third-order valence-electron chi connectivity index (χ3n) is 2.89. The lowest BCUT2D eigenvalue weighted by Gasteiger charge is -2.19. The molecule has 2 N–H and O–H groups in total. The molecule has 0 fully saturated rings. The van der Waals surface area contributed by atoms with E-state index in [1.54, 1.807) is 0 Å². The van der Waals surface area contributed by atoms with Crippen LogP contribution in [0.1, 0.15) is 31.1 Å². The first-order valence-electron chi connectivity index (χ1n) is 6.57. The Morgan fingerprint density at radius 2 is 1.76 bits per heavy atom. The largest absolute Gasteiger partial charge is 0.484 e. The number of benzene rings is 1. The molecule has 21 heavy (non-hydrogen) atoms. The number of rotatable bonds is 7. The minimum Gasteiger partial charge on any atom is -0.484 e. The van der Waals surface area contributed by atoms with Crippen LogP contribution in [0.2, 0.25) is 0 Å². The maximum atomic E-state index is 11.7. The number of nitrogens with one attached hydrogen (secondary N) is 1. The second-order valence-electron chi connectivity index (χ2n) is 5.02. The first kappa shape index (κ1) is 16.7. The molecule has 1 aromatic rings. The fraction of sp³-hybridized carbons (Fsp3) is 0.400. The van der Waals surface area contributed by atoms with Gasteiger partial charge in [0.1, 0.15) is 5.75 Å². The highest BCUT2D eigenvalue weighted by molar-refractivity contribution is 5.88. The summed E-state index contributed by atoms with van der Waals surface area (Å²) >= 11 is 0. The summed E-state index contributed by atoms with van der Waals surface area (Å²) < 4.78 is 5.25. The van der Waals surface area contributed by atoms with Crippen LogP contribution in [0.15, 0.2) is 24.3 Å². The van der Waals surface area contributed by atoms with Gasteiger partial charge in [0.2, 0.25) is 0 Å². The highest BCUT2D eigenvalue weighted by Gasteiger charge is 2.20. The number of carboxylic acids is 1. The van der Waals surface area contributed by atoms with Gasteiger partial charge < -0.3 is 15.2 Å². The highest BCUT2D eigenvalue weighted by Crippen LogP contribution is 2.12. The second kappa shape index (κ2) is 7.42. The van der Waals surface area contributed by atoms with Gasteiger partial charge in [-0.2, -0.15) is 0 Å². The maximum Gasteiger partial charge on any atom is 0.335 e. The van der Waals surface area contributed by atoms with Crippen LogP contribution in [0.5, 0.6) is 5.75 Å². The van der Waals surface area contributed by atoms with E-state index in [4.69, 9.17) is 9.84 Å². The van der Waals surface area contributed by atoms with Crippen LogP contribution in [0, 0.1) is 5.92 Å². The number of hydrogen-bond donors (Lipinski definition) is 2. The summed E-state index contributed by atoms with van der Waals surface area (Å²) in [6.07, 6.45) is 0. The number of aromatic carboxylic acids is 1. The normalized spacial score (nSPS) is 11.8. The maximum absolute atomic E-state index is 11.7. The number of hydrogen-bond acceptors (Lipinski definition) is 4. The van der Waals surface area contributed by atoms with Crippen molar-refractivity contribution in [3.63, 3.8) is 0 Å². The smallest absolute Gasteiger partial charge is 0.335 e. The third kappa shape index (κ3) is 5.25. The van der Waals surface area contributed by atoms with E-state index in [1.807, 2.05) is 13.8 Å². The lowest BCUT2D eigenvalue weighted by atomic mass is 10.0. The van der Waals surface area contributed by atoms with Crippen LogP contribution < -0.4 is 10.1 Å². The molecule has 0 aliphatic carbocycles. The fourth-order valence-electron chi connectivity index (χ4n) is 1.80. The van der Waals surface area contributed by atoms with Gasteiger partial charge in [-0.15, -0.1) is 0 Å². The van der Waals surface area contributed by atoms with Gasteiger partial charge in [-0.1, -0.05) is 13.8 Å². The topological polar surface area (TPSA) is 92.7 Å². The Bertz CT molecular complexity index is 521. The zero-order valence-corrected chi connectivity index (χ0v) is 12.3. The van der Waals surface area contributed by atoms with Crippen molar-refractivity contribution in [2.24, 2.45) is 5.92 Å². The predicted molar refractivity (Wildman–Crippen MR) is 76.3 cm³/mol.